The Hall–Kier alpha value is -3.92. The van der Waals surface area contributed by atoms with Gasteiger partial charge in [-0.2, -0.15) is 0 Å². The molecule has 0 aliphatic heterocycles. The Morgan fingerprint density at radius 2 is 1.06 bits per heavy atom. The zero-order valence-corrected chi connectivity index (χ0v) is 18.6. The molecule has 0 fully saturated rings. The standard InChI is InChI=1S/C28H28N2O2/c1-28(24-15-13-22(29)17-26(24)31-2,25-16-14-23(30)18-27(25)32-3)21-11-9-20(10-12-21)19-7-5-4-6-8-19/h4-18H,29-30H2,1-3H3. The second-order valence-electron chi connectivity index (χ2n) is 7.99. The lowest BCUT2D eigenvalue weighted by Crippen LogP contribution is -2.27. The number of hydrogen-bond donors (Lipinski definition) is 2. The van der Waals surface area contributed by atoms with Crippen molar-refractivity contribution in [3.05, 3.63) is 108 Å². The van der Waals surface area contributed by atoms with Crippen molar-refractivity contribution >= 4 is 11.4 Å². The molecule has 162 valence electrons. The van der Waals surface area contributed by atoms with Gasteiger partial charge in [0, 0.05) is 40.0 Å². The maximum atomic E-state index is 6.06. The first-order chi connectivity index (χ1) is 15.5. The van der Waals surface area contributed by atoms with Crippen LogP contribution in [0.3, 0.4) is 0 Å². The molecule has 4 aromatic carbocycles. The molecule has 0 spiro atoms. The van der Waals surface area contributed by atoms with Crippen molar-refractivity contribution < 1.29 is 9.47 Å². The highest BCUT2D eigenvalue weighted by Gasteiger charge is 2.36. The van der Waals surface area contributed by atoms with E-state index in [1.807, 2.05) is 54.6 Å². The van der Waals surface area contributed by atoms with Crippen LogP contribution in [-0.4, -0.2) is 14.2 Å². The van der Waals surface area contributed by atoms with Gasteiger partial charge in [-0.3, -0.25) is 0 Å². The molecule has 0 atom stereocenters. The highest BCUT2D eigenvalue weighted by molar-refractivity contribution is 5.67. The van der Waals surface area contributed by atoms with E-state index < -0.39 is 5.41 Å². The minimum absolute atomic E-state index is 0.576. The molecular weight excluding hydrogens is 396 g/mol. The average molecular weight is 425 g/mol. The van der Waals surface area contributed by atoms with Gasteiger partial charge in [0.25, 0.3) is 0 Å². The molecule has 4 rings (SSSR count). The summed E-state index contributed by atoms with van der Waals surface area (Å²) in [6.07, 6.45) is 0. The zero-order valence-electron chi connectivity index (χ0n) is 18.6. The van der Waals surface area contributed by atoms with Gasteiger partial charge in [-0.1, -0.05) is 66.7 Å². The molecule has 0 amide bonds. The van der Waals surface area contributed by atoms with Crippen LogP contribution in [0.2, 0.25) is 0 Å². The fourth-order valence-electron chi connectivity index (χ4n) is 4.32. The Morgan fingerprint density at radius 3 is 1.53 bits per heavy atom. The third kappa shape index (κ3) is 3.76. The first kappa shape index (κ1) is 21.3. The lowest BCUT2D eigenvalue weighted by Gasteiger charge is -2.34. The van der Waals surface area contributed by atoms with Gasteiger partial charge in [0.2, 0.25) is 0 Å². The summed E-state index contributed by atoms with van der Waals surface area (Å²) in [6.45, 7) is 2.17. The number of hydrogen-bond acceptors (Lipinski definition) is 4. The Kier molecular flexibility index (Phi) is 5.78. The molecule has 0 heterocycles. The van der Waals surface area contributed by atoms with Crippen LogP contribution in [0, 0.1) is 0 Å². The molecule has 0 saturated carbocycles. The predicted octanol–water partition coefficient (Wildman–Crippen LogP) is 5.89. The Morgan fingerprint density at radius 1 is 0.594 bits per heavy atom. The Balaban J connectivity index is 1.95. The maximum Gasteiger partial charge on any atom is 0.125 e. The van der Waals surface area contributed by atoms with Crippen LogP contribution >= 0.6 is 0 Å². The highest BCUT2D eigenvalue weighted by Crippen LogP contribution is 2.47. The summed E-state index contributed by atoms with van der Waals surface area (Å²) in [5.74, 6) is 1.44. The number of anilines is 2. The van der Waals surface area contributed by atoms with Gasteiger partial charge in [-0.25, -0.2) is 0 Å². The van der Waals surface area contributed by atoms with Crippen molar-refractivity contribution in [2.45, 2.75) is 12.3 Å². The van der Waals surface area contributed by atoms with Gasteiger partial charge in [0.05, 0.1) is 14.2 Å². The van der Waals surface area contributed by atoms with Gasteiger partial charge < -0.3 is 20.9 Å². The van der Waals surface area contributed by atoms with Gasteiger partial charge in [-0.05, 0) is 35.7 Å². The van der Waals surface area contributed by atoms with Gasteiger partial charge in [-0.15, -0.1) is 0 Å². The molecule has 0 saturated heterocycles. The second kappa shape index (κ2) is 8.67. The van der Waals surface area contributed by atoms with Gasteiger partial charge in [0.1, 0.15) is 11.5 Å². The zero-order chi connectivity index (χ0) is 22.7. The molecule has 0 radical (unpaired) electrons. The van der Waals surface area contributed by atoms with Crippen molar-refractivity contribution in [3.63, 3.8) is 0 Å². The van der Waals surface area contributed by atoms with E-state index in [9.17, 15) is 0 Å². The summed E-state index contributed by atoms with van der Waals surface area (Å²) in [5, 5.41) is 0. The average Bonchev–Trinajstić information content (AvgIpc) is 2.84. The van der Waals surface area contributed by atoms with Crippen LogP contribution in [-0.2, 0) is 5.41 Å². The van der Waals surface area contributed by atoms with E-state index in [1.165, 1.54) is 5.56 Å². The fourth-order valence-corrected chi connectivity index (χ4v) is 4.32. The number of methoxy groups -OCH3 is 2. The highest BCUT2D eigenvalue weighted by atomic mass is 16.5. The quantitative estimate of drug-likeness (QED) is 0.299. The normalized spacial score (nSPS) is 11.2. The molecule has 0 bridgehead atoms. The van der Waals surface area contributed by atoms with E-state index in [-0.39, 0.29) is 0 Å². The summed E-state index contributed by atoms with van der Waals surface area (Å²) in [7, 11) is 3.33. The number of nitrogen functional groups attached to an aromatic ring is 2. The molecular formula is C28H28N2O2. The van der Waals surface area contributed by atoms with E-state index in [1.54, 1.807) is 14.2 Å². The molecule has 0 unspecified atom stereocenters. The minimum Gasteiger partial charge on any atom is -0.496 e. The molecule has 0 aliphatic rings. The summed E-state index contributed by atoms with van der Waals surface area (Å²) >= 11 is 0. The van der Waals surface area contributed by atoms with Gasteiger partial charge >= 0.3 is 0 Å². The van der Waals surface area contributed by atoms with Crippen LogP contribution < -0.4 is 20.9 Å². The summed E-state index contributed by atoms with van der Waals surface area (Å²) in [4.78, 5) is 0. The third-order valence-electron chi connectivity index (χ3n) is 6.10. The summed E-state index contributed by atoms with van der Waals surface area (Å²) in [5.41, 5.74) is 18.3. The predicted molar refractivity (Wildman–Crippen MR) is 132 cm³/mol. The number of rotatable bonds is 6. The smallest absolute Gasteiger partial charge is 0.125 e. The van der Waals surface area contributed by atoms with Crippen LogP contribution in [0.5, 0.6) is 11.5 Å². The van der Waals surface area contributed by atoms with E-state index in [4.69, 9.17) is 20.9 Å². The van der Waals surface area contributed by atoms with E-state index in [2.05, 4.69) is 43.3 Å². The first-order valence-electron chi connectivity index (χ1n) is 10.5. The lowest BCUT2D eigenvalue weighted by atomic mass is 9.70. The van der Waals surface area contributed by atoms with Crippen LogP contribution in [0.1, 0.15) is 23.6 Å². The van der Waals surface area contributed by atoms with Crippen molar-refractivity contribution in [2.24, 2.45) is 0 Å². The largest absolute Gasteiger partial charge is 0.496 e. The lowest BCUT2D eigenvalue weighted by molar-refractivity contribution is 0.392. The molecule has 4 nitrogen and oxygen atoms in total. The number of benzene rings is 4. The van der Waals surface area contributed by atoms with Crippen molar-refractivity contribution in [2.75, 3.05) is 25.7 Å². The second-order valence-corrected chi connectivity index (χ2v) is 7.99. The SMILES string of the molecule is COc1cc(N)ccc1C(C)(c1ccc(-c2ccccc2)cc1)c1ccc(N)cc1OC. The Labute approximate surface area is 189 Å². The summed E-state index contributed by atoms with van der Waals surface area (Å²) in [6, 6.07) is 30.5. The van der Waals surface area contributed by atoms with Gasteiger partial charge in [0.15, 0.2) is 0 Å². The molecule has 0 aliphatic carbocycles. The first-order valence-corrected chi connectivity index (χ1v) is 10.5. The minimum atomic E-state index is -0.576. The summed E-state index contributed by atoms with van der Waals surface area (Å²) < 4.78 is 11.5. The van der Waals surface area contributed by atoms with Crippen molar-refractivity contribution in [1.29, 1.82) is 0 Å². The fraction of sp³-hybridized carbons (Fsp3) is 0.143. The molecule has 4 N–H and O–H groups in total. The molecule has 4 aromatic rings. The van der Waals surface area contributed by atoms with Crippen molar-refractivity contribution in [3.8, 4) is 22.6 Å². The molecule has 0 aromatic heterocycles. The topological polar surface area (TPSA) is 70.5 Å². The monoisotopic (exact) mass is 424 g/mol. The van der Waals surface area contributed by atoms with E-state index in [0.717, 1.165) is 33.8 Å². The Bertz CT molecular complexity index is 1160. The molecule has 32 heavy (non-hydrogen) atoms. The number of ether oxygens (including phenoxy) is 2. The van der Waals surface area contributed by atoms with Crippen molar-refractivity contribution in [1.82, 2.24) is 0 Å². The third-order valence-corrected chi connectivity index (χ3v) is 6.10. The van der Waals surface area contributed by atoms with E-state index >= 15 is 0 Å². The van der Waals surface area contributed by atoms with Crippen LogP contribution in [0.4, 0.5) is 11.4 Å². The number of nitrogens with two attached hydrogens (primary N) is 2. The molecule has 4 heteroatoms. The van der Waals surface area contributed by atoms with E-state index in [0.29, 0.717) is 11.4 Å². The van der Waals surface area contributed by atoms with Crippen LogP contribution in [0.25, 0.3) is 11.1 Å². The maximum absolute atomic E-state index is 6.06. The van der Waals surface area contributed by atoms with Crippen LogP contribution in [0.15, 0.2) is 91.0 Å².